The smallest absolute Gasteiger partial charge is 0.408 e. The Bertz CT molecular complexity index is 928. The van der Waals surface area contributed by atoms with Crippen LogP contribution in [0.25, 0.3) is 0 Å². The van der Waals surface area contributed by atoms with E-state index in [0.717, 1.165) is 17.7 Å². The third kappa shape index (κ3) is 8.04. The Morgan fingerprint density at radius 2 is 1.81 bits per heavy atom. The Labute approximate surface area is 179 Å². The third-order valence-corrected chi connectivity index (χ3v) is 4.21. The highest BCUT2D eigenvalue weighted by molar-refractivity contribution is 5.86. The molecule has 0 fully saturated rings. The molecule has 0 heterocycles. The van der Waals surface area contributed by atoms with Gasteiger partial charge in [-0.05, 0) is 44.4 Å². The van der Waals surface area contributed by atoms with Crippen molar-refractivity contribution in [3.05, 3.63) is 75.6 Å². The molecule has 2 aromatic carbocycles. The predicted molar refractivity (Wildman–Crippen MR) is 113 cm³/mol. The van der Waals surface area contributed by atoms with E-state index in [1.54, 1.807) is 20.8 Å². The van der Waals surface area contributed by atoms with Crippen molar-refractivity contribution in [2.24, 2.45) is 0 Å². The zero-order valence-corrected chi connectivity index (χ0v) is 17.7. The minimum Gasteiger partial charge on any atom is -0.444 e. The van der Waals surface area contributed by atoms with E-state index in [-0.39, 0.29) is 19.4 Å². The van der Waals surface area contributed by atoms with Gasteiger partial charge in [0.1, 0.15) is 11.6 Å². The molecule has 1 atom stereocenters. The van der Waals surface area contributed by atoms with E-state index >= 15 is 0 Å². The molecule has 2 N–H and O–H groups in total. The lowest BCUT2D eigenvalue weighted by molar-refractivity contribution is -0.387. The monoisotopic (exact) mass is 431 g/mol. The molecule has 0 aliphatic carbocycles. The van der Waals surface area contributed by atoms with Gasteiger partial charge in [0.2, 0.25) is 11.7 Å². The lowest BCUT2D eigenvalue weighted by Gasteiger charge is -2.23. The molecule has 0 bridgehead atoms. The van der Waals surface area contributed by atoms with Crippen LogP contribution in [0.2, 0.25) is 0 Å². The largest absolute Gasteiger partial charge is 0.444 e. The number of nitrogens with zero attached hydrogens (tertiary/aromatic N) is 1. The van der Waals surface area contributed by atoms with Crippen LogP contribution in [-0.2, 0) is 22.4 Å². The first-order valence-electron chi connectivity index (χ1n) is 9.79. The molecular weight excluding hydrogens is 405 g/mol. The van der Waals surface area contributed by atoms with Gasteiger partial charge in [0.25, 0.3) is 0 Å². The van der Waals surface area contributed by atoms with E-state index in [2.05, 4.69) is 10.6 Å². The highest BCUT2D eigenvalue weighted by Crippen LogP contribution is 2.18. The van der Waals surface area contributed by atoms with E-state index < -0.39 is 40.1 Å². The first kappa shape index (κ1) is 23.8. The molecular formula is C22H26FN3O5. The summed E-state index contributed by atoms with van der Waals surface area (Å²) in [5.74, 6) is -1.34. The Hall–Kier alpha value is -3.49. The number of ether oxygens (including phenoxy) is 1. The van der Waals surface area contributed by atoms with E-state index in [9.17, 15) is 24.1 Å². The molecule has 0 unspecified atom stereocenters. The molecule has 31 heavy (non-hydrogen) atoms. The topological polar surface area (TPSA) is 111 Å². The maximum absolute atomic E-state index is 13.5. The van der Waals surface area contributed by atoms with Crippen LogP contribution in [0.4, 0.5) is 14.9 Å². The minimum atomic E-state index is -0.915. The first-order valence-corrected chi connectivity index (χ1v) is 9.79. The van der Waals surface area contributed by atoms with Gasteiger partial charge < -0.3 is 15.4 Å². The summed E-state index contributed by atoms with van der Waals surface area (Å²) < 4.78 is 18.7. The number of halogens is 1. The quantitative estimate of drug-likeness (QED) is 0.491. The Balaban J connectivity index is 2.02. The summed E-state index contributed by atoms with van der Waals surface area (Å²) in [5.41, 5.74) is 0.0353. The highest BCUT2D eigenvalue weighted by Gasteiger charge is 2.24. The van der Waals surface area contributed by atoms with Crippen LogP contribution >= 0.6 is 0 Å². The molecule has 0 aliphatic rings. The Morgan fingerprint density at radius 1 is 1.13 bits per heavy atom. The van der Waals surface area contributed by atoms with Crippen LogP contribution in [0.3, 0.4) is 0 Å². The summed E-state index contributed by atoms with van der Waals surface area (Å²) >= 11 is 0. The number of benzene rings is 2. The van der Waals surface area contributed by atoms with Crippen LogP contribution in [0.15, 0.2) is 48.5 Å². The number of rotatable bonds is 8. The van der Waals surface area contributed by atoms with Crippen LogP contribution in [0.5, 0.6) is 0 Å². The molecule has 8 nitrogen and oxygen atoms in total. The number of carbonyl (C=O) groups is 2. The van der Waals surface area contributed by atoms with Gasteiger partial charge in [-0.25, -0.2) is 4.79 Å². The molecule has 166 valence electrons. The van der Waals surface area contributed by atoms with E-state index in [4.69, 9.17) is 4.74 Å². The highest BCUT2D eigenvalue weighted by atomic mass is 19.1. The number of amides is 2. The van der Waals surface area contributed by atoms with Gasteiger partial charge in [-0.1, -0.05) is 36.4 Å². The Morgan fingerprint density at radius 3 is 2.42 bits per heavy atom. The lowest BCUT2D eigenvalue weighted by atomic mass is 10.1. The average Bonchev–Trinajstić information content (AvgIpc) is 2.67. The molecule has 0 radical (unpaired) electrons. The van der Waals surface area contributed by atoms with Crippen LogP contribution in [-0.4, -0.2) is 35.1 Å². The fourth-order valence-electron chi connectivity index (χ4n) is 2.82. The van der Waals surface area contributed by atoms with Gasteiger partial charge in [-0.3, -0.25) is 14.9 Å². The molecule has 0 spiro atoms. The first-order chi connectivity index (χ1) is 14.5. The molecule has 9 heteroatoms. The zero-order valence-electron chi connectivity index (χ0n) is 17.7. The van der Waals surface area contributed by atoms with Crippen LogP contribution in [0, 0.1) is 15.9 Å². The van der Waals surface area contributed by atoms with Crippen molar-refractivity contribution in [3.8, 4) is 0 Å². The number of carbonyl (C=O) groups excluding carboxylic acids is 2. The molecule has 2 amide bonds. The van der Waals surface area contributed by atoms with Crippen molar-refractivity contribution >= 4 is 17.7 Å². The Kier molecular flexibility index (Phi) is 8.07. The second kappa shape index (κ2) is 10.5. The normalized spacial score (nSPS) is 12.0. The number of nitro groups is 1. The van der Waals surface area contributed by atoms with Crippen LogP contribution in [0.1, 0.15) is 31.9 Å². The molecule has 0 aromatic heterocycles. The maximum Gasteiger partial charge on any atom is 0.408 e. The van der Waals surface area contributed by atoms with Crippen molar-refractivity contribution in [2.45, 2.75) is 45.3 Å². The van der Waals surface area contributed by atoms with Crippen molar-refractivity contribution in [1.82, 2.24) is 10.6 Å². The summed E-state index contributed by atoms with van der Waals surface area (Å²) in [4.78, 5) is 35.0. The number of nitro benzene ring substituents is 1. The molecule has 0 saturated carbocycles. The lowest BCUT2D eigenvalue weighted by Crippen LogP contribution is -2.49. The molecule has 2 rings (SSSR count). The van der Waals surface area contributed by atoms with E-state index in [1.807, 2.05) is 30.3 Å². The van der Waals surface area contributed by atoms with Crippen molar-refractivity contribution in [1.29, 1.82) is 0 Å². The van der Waals surface area contributed by atoms with E-state index in [0.29, 0.717) is 5.56 Å². The summed E-state index contributed by atoms with van der Waals surface area (Å²) in [6.45, 7) is 5.32. The third-order valence-electron chi connectivity index (χ3n) is 4.21. The summed E-state index contributed by atoms with van der Waals surface area (Å²) in [6.07, 6.45) is -0.191. The predicted octanol–water partition coefficient (Wildman–Crippen LogP) is 3.53. The van der Waals surface area contributed by atoms with Gasteiger partial charge >= 0.3 is 11.8 Å². The van der Waals surface area contributed by atoms with Crippen molar-refractivity contribution < 1.29 is 23.6 Å². The van der Waals surface area contributed by atoms with Gasteiger partial charge in [0, 0.05) is 19.0 Å². The van der Waals surface area contributed by atoms with Gasteiger partial charge in [0.15, 0.2) is 0 Å². The zero-order chi connectivity index (χ0) is 23.0. The number of hydrogen-bond donors (Lipinski definition) is 2. The van der Waals surface area contributed by atoms with Gasteiger partial charge in [-0.2, -0.15) is 4.39 Å². The molecule has 2 aromatic rings. The second-order valence-electron chi connectivity index (χ2n) is 7.97. The second-order valence-corrected chi connectivity index (χ2v) is 7.97. The van der Waals surface area contributed by atoms with Crippen molar-refractivity contribution in [3.63, 3.8) is 0 Å². The number of hydrogen-bond acceptors (Lipinski definition) is 5. The van der Waals surface area contributed by atoms with Crippen LogP contribution < -0.4 is 10.6 Å². The minimum absolute atomic E-state index is 0.156. The molecule has 0 saturated heterocycles. The summed E-state index contributed by atoms with van der Waals surface area (Å²) in [7, 11) is 0. The van der Waals surface area contributed by atoms with E-state index in [1.165, 1.54) is 6.07 Å². The maximum atomic E-state index is 13.5. The number of alkyl carbamates (subject to hydrolysis) is 1. The standard InChI is InChI=1S/C22H26FN3O5/c1-22(2,3)31-21(28)25-18(13-15-7-5-4-6-8-15)20(27)24-12-11-16-9-10-17(23)19(14-16)26(29)30/h4-10,14,18H,11-13H2,1-3H3,(H,24,27)(H,25,28)/t18-/m0/s1. The fraction of sp³-hybridized carbons (Fsp3) is 0.364. The van der Waals surface area contributed by atoms with Gasteiger partial charge in [0.05, 0.1) is 4.92 Å². The molecule has 0 aliphatic heterocycles. The summed E-state index contributed by atoms with van der Waals surface area (Å²) in [6, 6.07) is 11.9. The number of nitrogens with one attached hydrogen (secondary N) is 2. The average molecular weight is 431 g/mol. The van der Waals surface area contributed by atoms with Crippen molar-refractivity contribution in [2.75, 3.05) is 6.54 Å². The fourth-order valence-corrected chi connectivity index (χ4v) is 2.82. The SMILES string of the molecule is CC(C)(C)OC(=O)N[C@@H](Cc1ccccc1)C(=O)NCCc1ccc(F)c([N+](=O)[O-])c1. The van der Waals surface area contributed by atoms with Gasteiger partial charge in [-0.15, -0.1) is 0 Å². The summed E-state index contributed by atoms with van der Waals surface area (Å²) in [5, 5.41) is 16.2.